The first kappa shape index (κ1) is 31.9. The first-order valence-electron chi connectivity index (χ1n) is 19.0. The third-order valence-corrected chi connectivity index (χ3v) is 12.2. The second-order valence-corrected chi connectivity index (χ2v) is 15.5. The minimum Gasteiger partial charge on any atom is -0.456 e. The standard InChI is InChI=1S/C51H30N4OS/c1-2-11-31(12-3-1)49-52-50(34-13-10-14-36(27-34)55-43-18-7-4-15-37(43)38-16-5-8-19-44(38)55)54-51(53-49)35-22-24-39-42-28-32(23-26-45(42)56-46(39)29-35)33-21-25-41-40-17-6-9-20-47(40)57-48(41)30-33/h1-30H. The molecular formula is C51H30N4OS. The molecule has 0 fully saturated rings. The van der Waals surface area contributed by atoms with Gasteiger partial charge in [-0.15, -0.1) is 11.3 Å². The zero-order chi connectivity index (χ0) is 37.5. The molecule has 0 spiro atoms. The molecule has 6 heteroatoms. The minimum atomic E-state index is 0.584. The molecule has 0 unspecified atom stereocenters. The van der Waals surface area contributed by atoms with Gasteiger partial charge in [-0.3, -0.25) is 0 Å². The number of para-hydroxylation sites is 2. The van der Waals surface area contributed by atoms with Crippen LogP contribution in [0.15, 0.2) is 186 Å². The van der Waals surface area contributed by atoms with Crippen LogP contribution >= 0.6 is 11.3 Å². The van der Waals surface area contributed by atoms with Crippen molar-refractivity contribution in [3.63, 3.8) is 0 Å². The van der Waals surface area contributed by atoms with E-state index in [-0.39, 0.29) is 0 Å². The Balaban J connectivity index is 0.967. The van der Waals surface area contributed by atoms with Crippen molar-refractivity contribution in [2.75, 3.05) is 0 Å². The van der Waals surface area contributed by atoms with Crippen molar-refractivity contribution >= 4 is 75.3 Å². The number of nitrogens with zero attached hydrogens (tertiary/aromatic N) is 4. The van der Waals surface area contributed by atoms with Crippen molar-refractivity contribution in [1.29, 1.82) is 0 Å². The summed E-state index contributed by atoms with van der Waals surface area (Å²) in [6.07, 6.45) is 0. The van der Waals surface area contributed by atoms with E-state index in [4.69, 9.17) is 19.4 Å². The van der Waals surface area contributed by atoms with E-state index in [1.807, 2.05) is 41.7 Å². The van der Waals surface area contributed by atoms with Crippen molar-refractivity contribution in [1.82, 2.24) is 19.5 Å². The smallest absolute Gasteiger partial charge is 0.164 e. The Morgan fingerprint density at radius 1 is 0.351 bits per heavy atom. The highest BCUT2D eigenvalue weighted by Crippen LogP contribution is 2.39. The van der Waals surface area contributed by atoms with Gasteiger partial charge in [0.25, 0.3) is 0 Å². The van der Waals surface area contributed by atoms with E-state index >= 15 is 0 Å². The maximum absolute atomic E-state index is 6.50. The van der Waals surface area contributed by atoms with Crippen molar-refractivity contribution in [2.24, 2.45) is 0 Å². The highest BCUT2D eigenvalue weighted by atomic mass is 32.1. The summed E-state index contributed by atoms with van der Waals surface area (Å²) in [5.74, 6) is 1.80. The highest BCUT2D eigenvalue weighted by Gasteiger charge is 2.17. The highest BCUT2D eigenvalue weighted by molar-refractivity contribution is 7.25. The van der Waals surface area contributed by atoms with E-state index in [9.17, 15) is 0 Å². The summed E-state index contributed by atoms with van der Waals surface area (Å²) in [5.41, 5.74) is 10.0. The lowest BCUT2D eigenvalue weighted by atomic mass is 10.0. The molecule has 266 valence electrons. The van der Waals surface area contributed by atoms with Crippen LogP contribution in [0.3, 0.4) is 0 Å². The predicted molar refractivity (Wildman–Crippen MR) is 236 cm³/mol. The molecule has 12 aromatic rings. The van der Waals surface area contributed by atoms with Crippen LogP contribution in [0.1, 0.15) is 0 Å². The molecule has 0 atom stereocenters. The van der Waals surface area contributed by atoms with E-state index < -0.39 is 0 Å². The monoisotopic (exact) mass is 746 g/mol. The van der Waals surface area contributed by atoms with E-state index in [1.54, 1.807) is 0 Å². The summed E-state index contributed by atoms with van der Waals surface area (Å²) in [7, 11) is 0. The summed E-state index contributed by atoms with van der Waals surface area (Å²) < 4.78 is 11.4. The molecule has 0 aliphatic heterocycles. The molecule has 0 radical (unpaired) electrons. The minimum absolute atomic E-state index is 0.584. The Bertz CT molecular complexity index is 3490. The fourth-order valence-corrected chi connectivity index (χ4v) is 9.48. The summed E-state index contributed by atoms with van der Waals surface area (Å²) in [6.45, 7) is 0. The lowest BCUT2D eigenvalue weighted by molar-refractivity contribution is 0.669. The van der Waals surface area contributed by atoms with Gasteiger partial charge in [-0.05, 0) is 71.8 Å². The molecule has 0 N–H and O–H groups in total. The Labute approximate surface area is 330 Å². The van der Waals surface area contributed by atoms with Gasteiger partial charge in [0, 0.05) is 64.1 Å². The van der Waals surface area contributed by atoms with Crippen LogP contribution in [-0.2, 0) is 0 Å². The molecule has 0 aliphatic carbocycles. The second-order valence-electron chi connectivity index (χ2n) is 14.4. The van der Waals surface area contributed by atoms with Crippen LogP contribution in [0.4, 0.5) is 0 Å². The molecule has 4 heterocycles. The van der Waals surface area contributed by atoms with E-state index in [0.29, 0.717) is 17.5 Å². The van der Waals surface area contributed by atoms with Crippen molar-refractivity contribution in [2.45, 2.75) is 0 Å². The molecule has 0 amide bonds. The van der Waals surface area contributed by atoms with Crippen LogP contribution in [-0.4, -0.2) is 19.5 Å². The fourth-order valence-electron chi connectivity index (χ4n) is 8.34. The number of hydrogen-bond donors (Lipinski definition) is 0. The zero-order valence-electron chi connectivity index (χ0n) is 30.4. The molecule has 0 aliphatic rings. The summed E-state index contributed by atoms with van der Waals surface area (Å²) in [5, 5.41) is 7.18. The van der Waals surface area contributed by atoms with Gasteiger partial charge in [-0.2, -0.15) is 0 Å². The second kappa shape index (κ2) is 12.6. The van der Waals surface area contributed by atoms with Gasteiger partial charge >= 0.3 is 0 Å². The zero-order valence-corrected chi connectivity index (χ0v) is 31.2. The Morgan fingerprint density at radius 2 is 0.930 bits per heavy atom. The number of benzene rings is 8. The normalized spacial score (nSPS) is 11.9. The van der Waals surface area contributed by atoms with Gasteiger partial charge < -0.3 is 8.98 Å². The number of thiophene rings is 1. The Morgan fingerprint density at radius 3 is 1.72 bits per heavy atom. The maximum atomic E-state index is 6.50. The average molecular weight is 747 g/mol. The van der Waals surface area contributed by atoms with Crippen LogP contribution in [0.25, 0.3) is 115 Å². The third kappa shape index (κ3) is 5.19. The lowest BCUT2D eigenvalue weighted by Gasteiger charge is -2.11. The number of fused-ring (bicyclic) bond motifs is 9. The van der Waals surface area contributed by atoms with Gasteiger partial charge in [0.2, 0.25) is 0 Å². The van der Waals surface area contributed by atoms with Crippen molar-refractivity contribution < 1.29 is 4.42 Å². The van der Waals surface area contributed by atoms with Gasteiger partial charge in [0.1, 0.15) is 11.2 Å². The largest absolute Gasteiger partial charge is 0.456 e. The van der Waals surface area contributed by atoms with Gasteiger partial charge in [0.05, 0.1) is 11.0 Å². The summed E-state index contributed by atoms with van der Waals surface area (Å²) in [4.78, 5) is 15.2. The Hall–Kier alpha value is -7.41. The van der Waals surface area contributed by atoms with Gasteiger partial charge in [-0.25, -0.2) is 15.0 Å². The molecule has 4 aromatic heterocycles. The average Bonchev–Trinajstić information content (AvgIpc) is 3.95. The first-order valence-corrected chi connectivity index (χ1v) is 19.8. The third-order valence-electron chi connectivity index (χ3n) is 11.1. The van der Waals surface area contributed by atoms with Crippen LogP contribution in [0, 0.1) is 0 Å². The molecular weight excluding hydrogens is 717 g/mol. The fraction of sp³-hybridized carbons (Fsp3) is 0. The van der Waals surface area contributed by atoms with Crippen LogP contribution < -0.4 is 0 Å². The molecule has 12 rings (SSSR count). The molecule has 5 nitrogen and oxygen atoms in total. The van der Waals surface area contributed by atoms with E-state index in [1.165, 1.54) is 36.5 Å². The molecule has 0 saturated carbocycles. The summed E-state index contributed by atoms with van der Waals surface area (Å²) in [6, 6.07) is 63.8. The quantitative estimate of drug-likeness (QED) is 0.176. The maximum Gasteiger partial charge on any atom is 0.164 e. The Kier molecular flexibility index (Phi) is 7.03. The van der Waals surface area contributed by atoms with Crippen LogP contribution in [0.5, 0.6) is 0 Å². The van der Waals surface area contributed by atoms with E-state index in [0.717, 1.165) is 60.9 Å². The first-order chi connectivity index (χ1) is 28.2. The molecule has 8 aromatic carbocycles. The molecule has 0 saturated heterocycles. The van der Waals surface area contributed by atoms with Gasteiger partial charge in [-0.1, -0.05) is 121 Å². The number of rotatable bonds is 5. The topological polar surface area (TPSA) is 56.7 Å². The van der Waals surface area contributed by atoms with Crippen molar-refractivity contribution in [3.8, 4) is 51.0 Å². The number of hydrogen-bond acceptors (Lipinski definition) is 5. The van der Waals surface area contributed by atoms with Crippen LogP contribution in [0.2, 0.25) is 0 Å². The predicted octanol–water partition coefficient (Wildman–Crippen LogP) is 13.9. The summed E-state index contributed by atoms with van der Waals surface area (Å²) >= 11 is 1.84. The molecule has 57 heavy (non-hydrogen) atoms. The van der Waals surface area contributed by atoms with E-state index in [2.05, 4.69) is 156 Å². The lowest BCUT2D eigenvalue weighted by Crippen LogP contribution is -2.01. The van der Waals surface area contributed by atoms with Gasteiger partial charge in [0.15, 0.2) is 17.5 Å². The molecule has 0 bridgehead atoms. The number of aromatic nitrogens is 4. The number of furan rings is 1. The van der Waals surface area contributed by atoms with Crippen molar-refractivity contribution in [3.05, 3.63) is 182 Å². The SMILES string of the molecule is c1ccc(-c2nc(-c3cccc(-n4c5ccccc5c5ccccc54)c3)nc(-c3ccc4c(c3)oc3ccc(-c5ccc6c(c5)sc5ccccc56)cc34)n2)cc1.